The zero-order valence-corrected chi connectivity index (χ0v) is 13.0. The Kier molecular flexibility index (Phi) is 5.04. The lowest BCUT2D eigenvalue weighted by Gasteiger charge is -2.20. The van der Waals surface area contributed by atoms with E-state index in [0.29, 0.717) is 12.3 Å². The summed E-state index contributed by atoms with van der Waals surface area (Å²) in [5.74, 6) is -0.720. The standard InChI is InChI=1S/C16H21N3O3/c1-4-22-15(20)10(2)11(3)18-16(21)19-13-5-6-14-12(9-13)7-8-17-14/h5-11,17H,4H2,1-3H3,(H2,18,19,21)/t10-,11+/m1/s1. The number of benzene rings is 1. The van der Waals surface area contributed by atoms with Gasteiger partial charge < -0.3 is 20.4 Å². The molecule has 2 atom stereocenters. The zero-order chi connectivity index (χ0) is 16.1. The van der Waals surface area contributed by atoms with Gasteiger partial charge in [-0.15, -0.1) is 0 Å². The summed E-state index contributed by atoms with van der Waals surface area (Å²) >= 11 is 0. The Labute approximate surface area is 129 Å². The lowest BCUT2D eigenvalue weighted by Crippen LogP contribution is -2.42. The fraction of sp³-hybridized carbons (Fsp3) is 0.375. The molecule has 0 fully saturated rings. The summed E-state index contributed by atoms with van der Waals surface area (Å²) < 4.78 is 4.95. The number of carbonyl (C=O) groups excluding carboxylic acids is 2. The first-order valence-corrected chi connectivity index (χ1v) is 7.32. The van der Waals surface area contributed by atoms with Gasteiger partial charge in [0.25, 0.3) is 0 Å². The molecule has 0 aliphatic heterocycles. The van der Waals surface area contributed by atoms with Gasteiger partial charge in [-0.05, 0) is 45.0 Å². The SMILES string of the molecule is CCOC(=O)[C@H](C)[C@H](C)NC(=O)Nc1ccc2[nH]ccc2c1. The molecule has 2 amide bonds. The molecule has 0 aliphatic rings. The second-order valence-electron chi connectivity index (χ2n) is 5.21. The molecule has 1 aromatic carbocycles. The Balaban J connectivity index is 1.92. The summed E-state index contributed by atoms with van der Waals surface area (Å²) in [6, 6.07) is 6.86. The molecule has 0 aliphatic carbocycles. The fourth-order valence-corrected chi connectivity index (χ4v) is 2.11. The van der Waals surface area contributed by atoms with Gasteiger partial charge in [-0.1, -0.05) is 0 Å². The van der Waals surface area contributed by atoms with Crippen LogP contribution in [0, 0.1) is 5.92 Å². The highest BCUT2D eigenvalue weighted by Gasteiger charge is 2.22. The number of esters is 1. The minimum Gasteiger partial charge on any atom is -0.466 e. The molecule has 0 saturated carbocycles. The van der Waals surface area contributed by atoms with E-state index in [-0.39, 0.29) is 18.0 Å². The van der Waals surface area contributed by atoms with Crippen LogP contribution in [0.1, 0.15) is 20.8 Å². The molecule has 0 saturated heterocycles. The largest absolute Gasteiger partial charge is 0.466 e. The third kappa shape index (κ3) is 3.78. The monoisotopic (exact) mass is 303 g/mol. The van der Waals surface area contributed by atoms with Crippen LogP contribution < -0.4 is 10.6 Å². The number of rotatable bonds is 5. The fourth-order valence-electron chi connectivity index (χ4n) is 2.11. The number of fused-ring (bicyclic) bond motifs is 1. The number of H-pyrrole nitrogens is 1. The van der Waals surface area contributed by atoms with Crippen LogP contribution >= 0.6 is 0 Å². The van der Waals surface area contributed by atoms with E-state index >= 15 is 0 Å². The number of aromatic amines is 1. The van der Waals surface area contributed by atoms with E-state index < -0.39 is 5.92 Å². The molecular weight excluding hydrogens is 282 g/mol. The van der Waals surface area contributed by atoms with E-state index in [9.17, 15) is 9.59 Å². The summed E-state index contributed by atoms with van der Waals surface area (Å²) in [5, 5.41) is 6.53. The van der Waals surface area contributed by atoms with E-state index in [4.69, 9.17) is 4.74 Å². The molecule has 22 heavy (non-hydrogen) atoms. The van der Waals surface area contributed by atoms with Crippen molar-refractivity contribution < 1.29 is 14.3 Å². The van der Waals surface area contributed by atoms with Crippen LogP contribution in [-0.4, -0.2) is 29.6 Å². The third-order valence-corrected chi connectivity index (χ3v) is 3.58. The zero-order valence-electron chi connectivity index (χ0n) is 13.0. The Morgan fingerprint density at radius 3 is 2.77 bits per heavy atom. The van der Waals surface area contributed by atoms with E-state index in [1.54, 1.807) is 20.8 Å². The minimum atomic E-state index is -0.405. The molecule has 118 valence electrons. The highest BCUT2D eigenvalue weighted by molar-refractivity contribution is 5.93. The van der Waals surface area contributed by atoms with Gasteiger partial charge in [0.15, 0.2) is 0 Å². The Hall–Kier alpha value is -2.50. The van der Waals surface area contributed by atoms with Crippen molar-refractivity contribution in [2.45, 2.75) is 26.8 Å². The second kappa shape index (κ2) is 6.98. The predicted octanol–water partition coefficient (Wildman–Crippen LogP) is 2.88. The van der Waals surface area contributed by atoms with Gasteiger partial charge in [-0.2, -0.15) is 0 Å². The number of anilines is 1. The average molecular weight is 303 g/mol. The molecule has 0 unspecified atom stereocenters. The summed E-state index contributed by atoms with van der Waals surface area (Å²) in [5.41, 5.74) is 1.70. The van der Waals surface area contributed by atoms with Gasteiger partial charge >= 0.3 is 12.0 Å². The topological polar surface area (TPSA) is 83.2 Å². The van der Waals surface area contributed by atoms with Crippen molar-refractivity contribution in [2.24, 2.45) is 5.92 Å². The number of aromatic nitrogens is 1. The molecule has 0 bridgehead atoms. The quantitative estimate of drug-likeness (QED) is 0.743. The summed E-state index contributed by atoms with van der Waals surface area (Å²) in [6.07, 6.45) is 1.84. The van der Waals surface area contributed by atoms with Gasteiger partial charge in [0.05, 0.1) is 12.5 Å². The first kappa shape index (κ1) is 15.9. The molecule has 2 rings (SSSR count). The number of amides is 2. The van der Waals surface area contributed by atoms with Crippen LogP contribution in [0.3, 0.4) is 0 Å². The van der Waals surface area contributed by atoms with Crippen LogP contribution in [0.15, 0.2) is 30.5 Å². The van der Waals surface area contributed by atoms with Crippen LogP contribution in [0.4, 0.5) is 10.5 Å². The van der Waals surface area contributed by atoms with Gasteiger partial charge in [0, 0.05) is 28.8 Å². The van der Waals surface area contributed by atoms with Crippen molar-refractivity contribution in [2.75, 3.05) is 11.9 Å². The van der Waals surface area contributed by atoms with Crippen molar-refractivity contribution in [3.05, 3.63) is 30.5 Å². The van der Waals surface area contributed by atoms with Gasteiger partial charge in [0.2, 0.25) is 0 Å². The van der Waals surface area contributed by atoms with Crippen molar-refractivity contribution in [1.82, 2.24) is 10.3 Å². The van der Waals surface area contributed by atoms with Crippen molar-refractivity contribution in [3.8, 4) is 0 Å². The van der Waals surface area contributed by atoms with E-state index in [0.717, 1.165) is 10.9 Å². The molecule has 1 heterocycles. The van der Waals surface area contributed by atoms with Crippen LogP contribution in [-0.2, 0) is 9.53 Å². The molecular formula is C16H21N3O3. The highest BCUT2D eigenvalue weighted by atomic mass is 16.5. The van der Waals surface area contributed by atoms with Crippen LogP contribution in [0.25, 0.3) is 10.9 Å². The van der Waals surface area contributed by atoms with E-state index in [1.807, 2.05) is 30.5 Å². The molecule has 0 radical (unpaired) electrons. The molecule has 0 spiro atoms. The van der Waals surface area contributed by atoms with Gasteiger partial charge in [-0.3, -0.25) is 4.79 Å². The number of nitrogens with one attached hydrogen (secondary N) is 3. The Morgan fingerprint density at radius 2 is 2.05 bits per heavy atom. The first-order chi connectivity index (χ1) is 10.5. The number of urea groups is 1. The molecule has 6 nitrogen and oxygen atoms in total. The third-order valence-electron chi connectivity index (χ3n) is 3.58. The number of ether oxygens (including phenoxy) is 1. The predicted molar refractivity (Wildman–Crippen MR) is 85.7 cm³/mol. The smallest absolute Gasteiger partial charge is 0.319 e. The number of carbonyl (C=O) groups is 2. The van der Waals surface area contributed by atoms with E-state index in [1.165, 1.54) is 0 Å². The summed E-state index contributed by atoms with van der Waals surface area (Å²) in [6.45, 7) is 5.59. The normalized spacial score (nSPS) is 13.4. The van der Waals surface area contributed by atoms with Crippen molar-refractivity contribution in [3.63, 3.8) is 0 Å². The minimum absolute atomic E-state index is 0.316. The summed E-state index contributed by atoms with van der Waals surface area (Å²) in [4.78, 5) is 26.7. The maximum absolute atomic E-state index is 12.0. The van der Waals surface area contributed by atoms with Crippen molar-refractivity contribution >= 4 is 28.6 Å². The number of hydrogen-bond acceptors (Lipinski definition) is 3. The second-order valence-corrected chi connectivity index (χ2v) is 5.21. The average Bonchev–Trinajstić information content (AvgIpc) is 2.94. The summed E-state index contributed by atoms with van der Waals surface area (Å²) in [7, 11) is 0. The Morgan fingerprint density at radius 1 is 1.27 bits per heavy atom. The van der Waals surface area contributed by atoms with Crippen LogP contribution in [0.5, 0.6) is 0 Å². The lowest BCUT2D eigenvalue weighted by atomic mass is 10.0. The maximum atomic E-state index is 12.0. The van der Waals surface area contributed by atoms with Gasteiger partial charge in [-0.25, -0.2) is 4.79 Å². The Bertz CT molecular complexity index is 665. The molecule has 6 heteroatoms. The molecule has 2 aromatic rings. The van der Waals surface area contributed by atoms with Crippen molar-refractivity contribution in [1.29, 1.82) is 0 Å². The lowest BCUT2D eigenvalue weighted by molar-refractivity contribution is -0.148. The van der Waals surface area contributed by atoms with Crippen LogP contribution in [0.2, 0.25) is 0 Å². The maximum Gasteiger partial charge on any atom is 0.319 e. The molecule has 1 aromatic heterocycles. The van der Waals surface area contributed by atoms with E-state index in [2.05, 4.69) is 15.6 Å². The first-order valence-electron chi connectivity index (χ1n) is 7.32. The molecule has 3 N–H and O–H groups in total. The highest BCUT2D eigenvalue weighted by Crippen LogP contribution is 2.17. The van der Waals surface area contributed by atoms with Gasteiger partial charge in [0.1, 0.15) is 0 Å². The number of hydrogen-bond donors (Lipinski definition) is 3.